The van der Waals surface area contributed by atoms with Gasteiger partial charge in [-0.1, -0.05) is 32.0 Å². The maximum absolute atomic E-state index is 14.1. The van der Waals surface area contributed by atoms with Gasteiger partial charge in [-0.2, -0.15) is 0 Å². The molecule has 0 aliphatic carbocycles. The first kappa shape index (κ1) is 23.8. The van der Waals surface area contributed by atoms with Crippen LogP contribution < -0.4 is 15.0 Å². The van der Waals surface area contributed by atoms with Crippen molar-refractivity contribution in [3.63, 3.8) is 0 Å². The van der Waals surface area contributed by atoms with E-state index < -0.39 is 17.8 Å². The van der Waals surface area contributed by atoms with Crippen LogP contribution in [0, 0.1) is 5.82 Å². The average molecular weight is 466 g/mol. The van der Waals surface area contributed by atoms with Gasteiger partial charge in [0.1, 0.15) is 17.3 Å². The van der Waals surface area contributed by atoms with Gasteiger partial charge in [-0.3, -0.25) is 9.69 Å². The Morgan fingerprint density at radius 2 is 1.97 bits per heavy atom. The van der Waals surface area contributed by atoms with Gasteiger partial charge in [0.05, 0.1) is 13.7 Å². The number of halogens is 1. The van der Waals surface area contributed by atoms with Crippen molar-refractivity contribution in [2.75, 3.05) is 18.6 Å². The molecule has 2 heterocycles. The summed E-state index contributed by atoms with van der Waals surface area (Å²) in [5.74, 6) is 0.0136. The molecular formula is C27H32FN3O3. The largest absolute Gasteiger partial charge is 0.496 e. The van der Waals surface area contributed by atoms with Gasteiger partial charge in [-0.25, -0.2) is 9.18 Å². The Kier molecular flexibility index (Phi) is 6.39. The molecule has 3 amide bonds. The fourth-order valence-electron chi connectivity index (χ4n) is 5.13. The van der Waals surface area contributed by atoms with Gasteiger partial charge in [-0.15, -0.1) is 0 Å². The highest BCUT2D eigenvalue weighted by atomic mass is 19.1. The van der Waals surface area contributed by atoms with E-state index in [2.05, 4.69) is 44.0 Å². The molecule has 1 atom stereocenters. The van der Waals surface area contributed by atoms with Gasteiger partial charge in [0.15, 0.2) is 0 Å². The van der Waals surface area contributed by atoms with Crippen LogP contribution in [0.5, 0.6) is 5.75 Å². The zero-order valence-corrected chi connectivity index (χ0v) is 20.4. The fourth-order valence-corrected chi connectivity index (χ4v) is 5.13. The number of fused-ring (bicyclic) bond motifs is 1. The molecule has 4 rings (SSSR count). The predicted octanol–water partition coefficient (Wildman–Crippen LogP) is 5.43. The third kappa shape index (κ3) is 4.27. The second-order valence-electron chi connectivity index (χ2n) is 9.69. The number of amides is 3. The molecule has 0 saturated carbocycles. The van der Waals surface area contributed by atoms with Crippen LogP contribution in [0.25, 0.3) is 6.08 Å². The first-order chi connectivity index (χ1) is 16.2. The van der Waals surface area contributed by atoms with E-state index in [0.717, 1.165) is 35.5 Å². The number of methoxy groups -OCH3 is 1. The van der Waals surface area contributed by atoms with E-state index in [9.17, 15) is 14.0 Å². The van der Waals surface area contributed by atoms with Crippen molar-refractivity contribution in [2.45, 2.75) is 58.5 Å². The van der Waals surface area contributed by atoms with Crippen LogP contribution in [-0.2, 0) is 11.3 Å². The highest BCUT2D eigenvalue weighted by molar-refractivity contribution is 6.14. The van der Waals surface area contributed by atoms with Crippen molar-refractivity contribution in [3.8, 4) is 5.75 Å². The van der Waals surface area contributed by atoms with E-state index in [1.54, 1.807) is 31.4 Å². The van der Waals surface area contributed by atoms with Crippen molar-refractivity contribution in [2.24, 2.45) is 0 Å². The third-order valence-corrected chi connectivity index (χ3v) is 6.73. The van der Waals surface area contributed by atoms with E-state index in [0.29, 0.717) is 11.7 Å². The quantitative estimate of drug-likeness (QED) is 0.457. The lowest BCUT2D eigenvalue weighted by molar-refractivity contribution is -0.123. The lowest BCUT2D eigenvalue weighted by Crippen LogP contribution is -2.48. The number of benzene rings is 2. The number of carbonyl (C=O) groups is 2. The van der Waals surface area contributed by atoms with Crippen molar-refractivity contribution >= 4 is 23.7 Å². The molecule has 1 fully saturated rings. The number of carbonyl (C=O) groups excluding carboxylic acids is 2. The molecule has 180 valence electrons. The minimum Gasteiger partial charge on any atom is -0.496 e. The lowest BCUT2D eigenvalue weighted by Gasteiger charge is -2.47. The van der Waals surface area contributed by atoms with Gasteiger partial charge >= 0.3 is 6.03 Å². The number of imide groups is 1. The SMILES string of the molecule is CCCN1c2cc(OC)c(/C=C3/NC(=O)N(Cc4ccccc4F)C3=O)cc2C(C)CC1(C)C. The molecule has 2 aliphatic rings. The Labute approximate surface area is 200 Å². The molecule has 1 N–H and O–H groups in total. The summed E-state index contributed by atoms with van der Waals surface area (Å²) < 4.78 is 19.8. The number of nitrogens with one attached hydrogen (secondary N) is 1. The monoisotopic (exact) mass is 465 g/mol. The van der Waals surface area contributed by atoms with Crippen LogP contribution in [0.4, 0.5) is 14.9 Å². The topological polar surface area (TPSA) is 61.9 Å². The second kappa shape index (κ2) is 9.12. The molecule has 0 spiro atoms. The predicted molar refractivity (Wildman–Crippen MR) is 131 cm³/mol. The number of hydrogen-bond donors (Lipinski definition) is 1. The summed E-state index contributed by atoms with van der Waals surface area (Å²) in [5.41, 5.74) is 3.52. The number of nitrogens with zero attached hydrogens (tertiary/aromatic N) is 2. The molecule has 1 saturated heterocycles. The number of ether oxygens (including phenoxy) is 1. The van der Waals surface area contributed by atoms with Crippen molar-refractivity contribution in [3.05, 3.63) is 64.6 Å². The Bertz CT molecular complexity index is 1160. The first-order valence-corrected chi connectivity index (χ1v) is 11.7. The number of hydrogen-bond acceptors (Lipinski definition) is 4. The van der Waals surface area contributed by atoms with E-state index >= 15 is 0 Å². The van der Waals surface area contributed by atoms with E-state index in [-0.39, 0.29) is 23.3 Å². The normalized spacial score (nSPS) is 20.5. The summed E-state index contributed by atoms with van der Waals surface area (Å²) in [5, 5.41) is 2.64. The molecule has 2 aromatic carbocycles. The van der Waals surface area contributed by atoms with E-state index in [4.69, 9.17) is 4.74 Å². The third-order valence-electron chi connectivity index (χ3n) is 6.73. The van der Waals surface area contributed by atoms with Crippen molar-refractivity contribution in [1.82, 2.24) is 10.2 Å². The lowest BCUT2D eigenvalue weighted by atomic mass is 9.79. The van der Waals surface area contributed by atoms with Crippen molar-refractivity contribution < 1.29 is 18.7 Å². The van der Waals surface area contributed by atoms with Crippen LogP contribution in [0.15, 0.2) is 42.1 Å². The summed E-state index contributed by atoms with van der Waals surface area (Å²) >= 11 is 0. The van der Waals surface area contributed by atoms with Gasteiger partial charge < -0.3 is 15.0 Å². The Morgan fingerprint density at radius 1 is 1.24 bits per heavy atom. The molecule has 1 unspecified atom stereocenters. The molecule has 0 aromatic heterocycles. The molecule has 34 heavy (non-hydrogen) atoms. The van der Waals surface area contributed by atoms with Gasteiger partial charge in [0, 0.05) is 35.0 Å². The van der Waals surface area contributed by atoms with E-state index in [1.165, 1.54) is 11.6 Å². The molecular weight excluding hydrogens is 433 g/mol. The van der Waals surface area contributed by atoms with Crippen molar-refractivity contribution in [1.29, 1.82) is 0 Å². The molecule has 0 radical (unpaired) electrons. The number of anilines is 1. The minimum absolute atomic E-state index is 0.0238. The van der Waals surface area contributed by atoms with Crippen LogP contribution >= 0.6 is 0 Å². The van der Waals surface area contributed by atoms with Gasteiger partial charge in [-0.05, 0) is 56.4 Å². The summed E-state index contributed by atoms with van der Waals surface area (Å²) in [6, 6.07) is 9.65. The maximum Gasteiger partial charge on any atom is 0.329 e. The smallest absolute Gasteiger partial charge is 0.329 e. The van der Waals surface area contributed by atoms with Gasteiger partial charge in [0.2, 0.25) is 0 Å². The van der Waals surface area contributed by atoms with Crippen LogP contribution in [0.3, 0.4) is 0 Å². The zero-order valence-electron chi connectivity index (χ0n) is 20.4. The molecule has 6 nitrogen and oxygen atoms in total. The van der Waals surface area contributed by atoms with Crippen LogP contribution in [0.2, 0.25) is 0 Å². The van der Waals surface area contributed by atoms with Crippen LogP contribution in [0.1, 0.15) is 63.1 Å². The molecule has 0 bridgehead atoms. The maximum atomic E-state index is 14.1. The highest BCUT2D eigenvalue weighted by Crippen LogP contribution is 2.46. The summed E-state index contributed by atoms with van der Waals surface area (Å²) in [4.78, 5) is 29.0. The zero-order chi connectivity index (χ0) is 24.6. The summed E-state index contributed by atoms with van der Waals surface area (Å²) in [6.07, 6.45) is 3.69. The van der Waals surface area contributed by atoms with Gasteiger partial charge in [0.25, 0.3) is 5.91 Å². The molecule has 7 heteroatoms. The summed E-state index contributed by atoms with van der Waals surface area (Å²) in [7, 11) is 1.60. The van der Waals surface area contributed by atoms with Crippen LogP contribution in [-0.4, -0.2) is 36.0 Å². The second-order valence-corrected chi connectivity index (χ2v) is 9.69. The number of rotatable bonds is 6. The molecule has 2 aromatic rings. The molecule has 2 aliphatic heterocycles. The fraction of sp³-hybridized carbons (Fsp3) is 0.407. The Hall–Kier alpha value is -3.35. The summed E-state index contributed by atoms with van der Waals surface area (Å²) in [6.45, 7) is 9.73. The highest BCUT2D eigenvalue weighted by Gasteiger charge is 2.37. The van der Waals surface area contributed by atoms with E-state index in [1.807, 2.05) is 6.07 Å². The Balaban J connectivity index is 1.69. The Morgan fingerprint density at radius 3 is 2.65 bits per heavy atom. The minimum atomic E-state index is -0.569. The standard InChI is InChI=1S/C27H32FN3O3/c1-6-11-31-23-14-24(34-5)19(12-20(23)17(2)15-27(31,3)4)13-22-25(32)30(26(33)29-22)16-18-9-7-8-10-21(18)28/h7-10,12-14,17H,6,11,15-16H2,1-5H3,(H,29,33)/b22-13+. The first-order valence-electron chi connectivity index (χ1n) is 11.7. The average Bonchev–Trinajstić information content (AvgIpc) is 3.05. The number of urea groups is 1.